The number of thiocarbonyl (C=S) groups is 1. The summed E-state index contributed by atoms with van der Waals surface area (Å²) in [5.41, 5.74) is 2.35. The molecule has 0 heterocycles. The molecule has 2 N–H and O–H groups in total. The van der Waals surface area contributed by atoms with E-state index in [1.807, 2.05) is 31.2 Å². The molecule has 0 radical (unpaired) electrons. The summed E-state index contributed by atoms with van der Waals surface area (Å²) >= 11 is 5.16. The molecule has 0 saturated carbocycles. The minimum Gasteiger partial charge on any atom is -0.497 e. The molecule has 1 amide bonds. The second-order valence-electron chi connectivity index (χ2n) is 4.88. The number of hydrogen-bond donors (Lipinski definition) is 2. The van der Waals surface area contributed by atoms with Crippen molar-refractivity contribution in [1.82, 2.24) is 5.32 Å². The van der Waals surface area contributed by atoms with Gasteiger partial charge in [0, 0.05) is 17.3 Å². The van der Waals surface area contributed by atoms with Crippen LogP contribution in [0.1, 0.15) is 15.9 Å². The quantitative estimate of drug-likeness (QED) is 0.844. The van der Waals surface area contributed by atoms with E-state index in [9.17, 15) is 4.79 Å². The van der Waals surface area contributed by atoms with E-state index < -0.39 is 0 Å². The maximum atomic E-state index is 12.3. The number of anilines is 1. The number of nitrogens with one attached hydrogen (secondary N) is 2. The van der Waals surface area contributed by atoms with Crippen molar-refractivity contribution in [2.75, 3.05) is 19.5 Å². The number of carbonyl (C=O) groups excluding carboxylic acids is 1. The van der Waals surface area contributed by atoms with E-state index in [1.54, 1.807) is 18.2 Å². The first kappa shape index (κ1) is 16.8. The highest BCUT2D eigenvalue weighted by Crippen LogP contribution is 2.22. The second kappa shape index (κ2) is 7.60. The Hall–Kier alpha value is -2.60. The monoisotopic (exact) mass is 330 g/mol. The Morgan fingerprint density at radius 3 is 2.09 bits per heavy atom. The molecule has 120 valence electrons. The Balaban J connectivity index is 2.06. The first-order valence-corrected chi connectivity index (χ1v) is 7.34. The first-order valence-electron chi connectivity index (χ1n) is 6.94. The summed E-state index contributed by atoms with van der Waals surface area (Å²) < 4.78 is 10.3. The Morgan fingerprint density at radius 1 is 1.00 bits per heavy atom. The Bertz CT molecular complexity index is 692. The minimum atomic E-state index is -0.341. The number of rotatable bonds is 4. The third kappa shape index (κ3) is 4.69. The minimum absolute atomic E-state index is 0.223. The third-order valence-corrected chi connectivity index (χ3v) is 3.35. The van der Waals surface area contributed by atoms with Crippen LogP contribution in [-0.4, -0.2) is 25.2 Å². The number of carbonyl (C=O) groups is 1. The van der Waals surface area contributed by atoms with Crippen LogP contribution >= 0.6 is 12.2 Å². The van der Waals surface area contributed by atoms with Crippen LogP contribution in [0.25, 0.3) is 0 Å². The SMILES string of the molecule is COc1cc(OC)cc(C(=O)NC(=S)Nc2ccc(C)cc2)c1. The van der Waals surface area contributed by atoms with Gasteiger partial charge in [-0.1, -0.05) is 17.7 Å². The molecule has 0 spiro atoms. The lowest BCUT2D eigenvalue weighted by molar-refractivity contribution is 0.0977. The zero-order valence-corrected chi connectivity index (χ0v) is 14.0. The van der Waals surface area contributed by atoms with Crippen molar-refractivity contribution in [2.24, 2.45) is 0 Å². The molecule has 2 rings (SSSR count). The summed E-state index contributed by atoms with van der Waals surface area (Å²) in [4.78, 5) is 12.3. The highest BCUT2D eigenvalue weighted by atomic mass is 32.1. The van der Waals surface area contributed by atoms with Gasteiger partial charge in [-0.05, 0) is 43.4 Å². The standard InChI is InChI=1S/C17H18N2O3S/c1-11-4-6-13(7-5-11)18-17(23)19-16(20)12-8-14(21-2)10-15(9-12)22-3/h4-10H,1-3H3,(H2,18,19,20,23). The van der Waals surface area contributed by atoms with E-state index in [2.05, 4.69) is 10.6 Å². The molecular formula is C17H18N2O3S. The normalized spacial score (nSPS) is 9.87. The van der Waals surface area contributed by atoms with Crippen molar-refractivity contribution >= 4 is 28.9 Å². The van der Waals surface area contributed by atoms with Crippen LogP contribution < -0.4 is 20.1 Å². The number of methoxy groups -OCH3 is 2. The number of aryl methyl sites for hydroxylation is 1. The van der Waals surface area contributed by atoms with Gasteiger partial charge in [0.2, 0.25) is 0 Å². The van der Waals surface area contributed by atoms with Crippen molar-refractivity contribution in [1.29, 1.82) is 0 Å². The van der Waals surface area contributed by atoms with Crippen LogP contribution in [0.5, 0.6) is 11.5 Å². The van der Waals surface area contributed by atoms with Gasteiger partial charge in [0.05, 0.1) is 14.2 Å². The zero-order chi connectivity index (χ0) is 16.8. The van der Waals surface area contributed by atoms with Gasteiger partial charge in [-0.3, -0.25) is 10.1 Å². The van der Waals surface area contributed by atoms with Crippen molar-refractivity contribution < 1.29 is 14.3 Å². The molecule has 23 heavy (non-hydrogen) atoms. The van der Waals surface area contributed by atoms with Crippen LogP contribution in [0.15, 0.2) is 42.5 Å². The highest BCUT2D eigenvalue weighted by Gasteiger charge is 2.11. The van der Waals surface area contributed by atoms with Crippen LogP contribution in [0.2, 0.25) is 0 Å². The van der Waals surface area contributed by atoms with Crippen molar-refractivity contribution in [3.8, 4) is 11.5 Å². The van der Waals surface area contributed by atoms with Gasteiger partial charge in [-0.15, -0.1) is 0 Å². The molecular weight excluding hydrogens is 312 g/mol. The third-order valence-electron chi connectivity index (χ3n) is 3.15. The molecule has 0 aliphatic carbocycles. The van der Waals surface area contributed by atoms with E-state index in [1.165, 1.54) is 14.2 Å². The number of amides is 1. The topological polar surface area (TPSA) is 59.6 Å². The molecule has 5 nitrogen and oxygen atoms in total. The molecule has 6 heteroatoms. The van der Waals surface area contributed by atoms with Crippen LogP contribution in [-0.2, 0) is 0 Å². The van der Waals surface area contributed by atoms with Crippen LogP contribution in [0.3, 0.4) is 0 Å². The van der Waals surface area contributed by atoms with E-state index in [0.717, 1.165) is 11.3 Å². The van der Waals surface area contributed by atoms with Gasteiger partial charge in [0.1, 0.15) is 11.5 Å². The molecule has 0 bridgehead atoms. The fourth-order valence-corrected chi connectivity index (χ4v) is 2.12. The average Bonchev–Trinajstić information content (AvgIpc) is 2.56. The summed E-state index contributed by atoms with van der Waals surface area (Å²) in [6, 6.07) is 12.6. The largest absolute Gasteiger partial charge is 0.497 e. The zero-order valence-electron chi connectivity index (χ0n) is 13.2. The van der Waals surface area contributed by atoms with Crippen molar-refractivity contribution in [3.05, 3.63) is 53.6 Å². The van der Waals surface area contributed by atoms with Gasteiger partial charge in [0.15, 0.2) is 5.11 Å². The maximum absolute atomic E-state index is 12.3. The van der Waals surface area contributed by atoms with E-state index in [0.29, 0.717) is 17.1 Å². The molecule has 2 aromatic rings. The van der Waals surface area contributed by atoms with Gasteiger partial charge < -0.3 is 14.8 Å². The first-order chi connectivity index (χ1) is 11.0. The van der Waals surface area contributed by atoms with Crippen LogP contribution in [0.4, 0.5) is 5.69 Å². The second-order valence-corrected chi connectivity index (χ2v) is 5.28. The molecule has 0 saturated heterocycles. The maximum Gasteiger partial charge on any atom is 0.257 e. The highest BCUT2D eigenvalue weighted by molar-refractivity contribution is 7.80. The lowest BCUT2D eigenvalue weighted by Gasteiger charge is -2.11. The van der Waals surface area contributed by atoms with E-state index >= 15 is 0 Å². The molecule has 2 aromatic carbocycles. The predicted octanol–water partition coefficient (Wildman–Crippen LogP) is 3.14. The predicted molar refractivity (Wildman–Crippen MR) is 94.4 cm³/mol. The summed E-state index contributed by atoms with van der Waals surface area (Å²) in [6.45, 7) is 2.00. The molecule has 0 unspecified atom stereocenters. The number of hydrogen-bond acceptors (Lipinski definition) is 4. The van der Waals surface area contributed by atoms with Crippen molar-refractivity contribution in [3.63, 3.8) is 0 Å². The number of ether oxygens (including phenoxy) is 2. The van der Waals surface area contributed by atoms with E-state index in [-0.39, 0.29) is 11.0 Å². The molecule has 0 aromatic heterocycles. The Kier molecular flexibility index (Phi) is 5.54. The van der Waals surface area contributed by atoms with E-state index in [4.69, 9.17) is 21.7 Å². The van der Waals surface area contributed by atoms with Gasteiger partial charge in [0.25, 0.3) is 5.91 Å². The molecule has 0 fully saturated rings. The number of benzene rings is 2. The van der Waals surface area contributed by atoms with Crippen molar-refractivity contribution in [2.45, 2.75) is 6.92 Å². The van der Waals surface area contributed by atoms with Crippen LogP contribution in [0, 0.1) is 6.92 Å². The lowest BCUT2D eigenvalue weighted by Crippen LogP contribution is -2.34. The summed E-state index contributed by atoms with van der Waals surface area (Å²) in [6.07, 6.45) is 0. The van der Waals surface area contributed by atoms with Gasteiger partial charge in [-0.25, -0.2) is 0 Å². The Labute approximate surface area is 140 Å². The fourth-order valence-electron chi connectivity index (χ4n) is 1.91. The molecule has 0 aliphatic rings. The van der Waals surface area contributed by atoms with Gasteiger partial charge in [-0.2, -0.15) is 0 Å². The summed E-state index contributed by atoms with van der Waals surface area (Å²) in [5, 5.41) is 5.82. The Morgan fingerprint density at radius 2 is 1.57 bits per heavy atom. The fraction of sp³-hybridized carbons (Fsp3) is 0.176. The molecule has 0 aliphatic heterocycles. The summed E-state index contributed by atoms with van der Waals surface area (Å²) in [5.74, 6) is 0.727. The molecule has 0 atom stereocenters. The average molecular weight is 330 g/mol. The summed E-state index contributed by atoms with van der Waals surface area (Å²) in [7, 11) is 3.06. The smallest absolute Gasteiger partial charge is 0.257 e. The van der Waals surface area contributed by atoms with Gasteiger partial charge >= 0.3 is 0 Å². The lowest BCUT2D eigenvalue weighted by atomic mass is 10.2.